The van der Waals surface area contributed by atoms with Crippen molar-refractivity contribution in [2.75, 3.05) is 0 Å². The van der Waals surface area contributed by atoms with Gasteiger partial charge in [0.1, 0.15) is 0 Å². The van der Waals surface area contributed by atoms with E-state index >= 15 is 0 Å². The summed E-state index contributed by atoms with van der Waals surface area (Å²) in [6.07, 6.45) is 4.66. The number of hydrogen-bond acceptors (Lipinski definition) is 2. The summed E-state index contributed by atoms with van der Waals surface area (Å²) < 4.78 is 0. The van der Waals surface area contributed by atoms with Crippen molar-refractivity contribution in [3.05, 3.63) is 34.9 Å². The molecule has 2 N–H and O–H groups in total. The second-order valence-electron chi connectivity index (χ2n) is 5.58. The van der Waals surface area contributed by atoms with Gasteiger partial charge in [0.25, 0.3) is 0 Å². The average molecular weight is 279 g/mol. The zero-order chi connectivity index (χ0) is 13.4. The summed E-state index contributed by atoms with van der Waals surface area (Å²) in [5, 5.41) is 0.718. The van der Waals surface area contributed by atoms with E-state index in [1.54, 1.807) is 0 Å². The van der Waals surface area contributed by atoms with Gasteiger partial charge in [-0.3, -0.25) is 4.79 Å². The maximum atomic E-state index is 12.3. The maximum absolute atomic E-state index is 12.3. The van der Waals surface area contributed by atoms with E-state index in [0.717, 1.165) is 36.3 Å². The van der Waals surface area contributed by atoms with Crippen LogP contribution in [0.5, 0.6) is 0 Å². The third kappa shape index (κ3) is 2.63. The highest BCUT2D eigenvalue weighted by molar-refractivity contribution is 6.30. The zero-order valence-corrected chi connectivity index (χ0v) is 11.6. The molecule has 1 aromatic carbocycles. The second kappa shape index (κ2) is 5.14. The van der Waals surface area contributed by atoms with Gasteiger partial charge in [0.15, 0.2) is 0 Å². The maximum Gasteiger partial charge on any atom is 0.223 e. The summed E-state index contributed by atoms with van der Waals surface area (Å²) in [6, 6.07) is 8.20. The molecule has 1 aromatic rings. The fraction of sp³-hybridized carbons (Fsp3) is 0.533. The normalized spacial score (nSPS) is 28.3. The van der Waals surface area contributed by atoms with E-state index in [0.29, 0.717) is 12.5 Å². The van der Waals surface area contributed by atoms with Crippen LogP contribution in [-0.4, -0.2) is 22.9 Å². The van der Waals surface area contributed by atoms with Crippen molar-refractivity contribution in [3.8, 4) is 0 Å². The molecule has 0 bridgehead atoms. The number of carbonyl (C=O) groups excluding carboxylic acids is 1. The Hall–Kier alpha value is -1.06. The third-order valence-electron chi connectivity index (χ3n) is 4.07. The van der Waals surface area contributed by atoms with Gasteiger partial charge in [0.2, 0.25) is 5.91 Å². The predicted molar refractivity (Wildman–Crippen MR) is 75.9 cm³/mol. The summed E-state index contributed by atoms with van der Waals surface area (Å²) in [6.45, 7) is 0. The van der Waals surface area contributed by atoms with E-state index in [9.17, 15) is 4.79 Å². The Bertz CT molecular complexity index is 470. The first kappa shape index (κ1) is 12.9. The standard InChI is InChI=1S/C15H19ClN2O/c16-11-6-4-10(5-7-11)15-13(17)2-1-3-14(19)18(15)12-8-9-12/h4-7,12-13,15H,1-3,8-9,17H2. The van der Waals surface area contributed by atoms with Gasteiger partial charge in [0, 0.05) is 23.5 Å². The van der Waals surface area contributed by atoms with Crippen LogP contribution in [0, 0.1) is 0 Å². The molecule has 2 aliphatic rings. The van der Waals surface area contributed by atoms with Gasteiger partial charge in [-0.25, -0.2) is 0 Å². The first-order chi connectivity index (χ1) is 9.16. The van der Waals surface area contributed by atoms with Gasteiger partial charge in [-0.15, -0.1) is 0 Å². The highest BCUT2D eigenvalue weighted by Gasteiger charge is 2.41. The molecule has 0 aromatic heterocycles. The van der Waals surface area contributed by atoms with Crippen molar-refractivity contribution in [2.24, 2.45) is 5.73 Å². The molecular formula is C15H19ClN2O. The molecule has 0 radical (unpaired) electrons. The molecule has 1 saturated carbocycles. The Kier molecular flexibility index (Phi) is 3.50. The Balaban J connectivity index is 1.96. The minimum Gasteiger partial charge on any atom is -0.331 e. The first-order valence-electron chi connectivity index (χ1n) is 6.99. The number of nitrogens with two attached hydrogens (primary N) is 1. The summed E-state index contributed by atoms with van der Waals surface area (Å²) in [5.41, 5.74) is 7.45. The Morgan fingerprint density at radius 3 is 2.47 bits per heavy atom. The van der Waals surface area contributed by atoms with Gasteiger partial charge in [0.05, 0.1) is 6.04 Å². The molecule has 1 aliphatic heterocycles. The lowest BCUT2D eigenvalue weighted by atomic mass is 9.96. The van der Waals surface area contributed by atoms with Crippen LogP contribution >= 0.6 is 11.6 Å². The van der Waals surface area contributed by atoms with Crippen LogP contribution < -0.4 is 5.73 Å². The molecule has 1 saturated heterocycles. The lowest BCUT2D eigenvalue weighted by Gasteiger charge is -2.34. The van der Waals surface area contributed by atoms with Crippen molar-refractivity contribution in [2.45, 2.75) is 50.2 Å². The van der Waals surface area contributed by atoms with Crippen LogP contribution in [0.1, 0.15) is 43.7 Å². The molecule has 0 spiro atoms. The van der Waals surface area contributed by atoms with Gasteiger partial charge >= 0.3 is 0 Å². The molecule has 3 nitrogen and oxygen atoms in total. The fourth-order valence-electron chi connectivity index (χ4n) is 2.99. The Morgan fingerprint density at radius 1 is 1.16 bits per heavy atom. The topological polar surface area (TPSA) is 46.3 Å². The molecule has 3 rings (SSSR count). The van der Waals surface area contributed by atoms with Crippen LogP contribution in [0.25, 0.3) is 0 Å². The van der Waals surface area contributed by atoms with Gasteiger partial charge in [-0.05, 0) is 43.4 Å². The quantitative estimate of drug-likeness (QED) is 0.904. The molecule has 4 heteroatoms. The number of halogens is 1. The number of amides is 1. The molecule has 102 valence electrons. The summed E-state index contributed by atoms with van der Waals surface area (Å²) in [5.74, 6) is 0.260. The molecule has 1 amide bonds. The predicted octanol–water partition coefficient (Wildman–Crippen LogP) is 2.88. The largest absolute Gasteiger partial charge is 0.331 e. The molecular weight excluding hydrogens is 260 g/mol. The van der Waals surface area contributed by atoms with Gasteiger partial charge < -0.3 is 10.6 Å². The Morgan fingerprint density at radius 2 is 1.84 bits per heavy atom. The highest BCUT2D eigenvalue weighted by Crippen LogP contribution is 2.39. The number of carbonyl (C=O) groups is 1. The van der Waals surface area contributed by atoms with E-state index in [2.05, 4.69) is 0 Å². The number of likely N-dealkylation sites (tertiary alicyclic amines) is 1. The minimum absolute atomic E-state index is 0.0137. The van der Waals surface area contributed by atoms with E-state index in [4.69, 9.17) is 17.3 Å². The molecule has 1 aliphatic carbocycles. The number of benzene rings is 1. The second-order valence-corrected chi connectivity index (χ2v) is 6.02. The van der Waals surface area contributed by atoms with Crippen LogP contribution in [0.15, 0.2) is 24.3 Å². The number of hydrogen-bond donors (Lipinski definition) is 1. The van der Waals surface area contributed by atoms with Crippen LogP contribution in [-0.2, 0) is 4.79 Å². The number of rotatable bonds is 2. The van der Waals surface area contributed by atoms with E-state index in [1.807, 2.05) is 29.2 Å². The van der Waals surface area contributed by atoms with Crippen LogP contribution in [0.4, 0.5) is 0 Å². The monoisotopic (exact) mass is 278 g/mol. The SMILES string of the molecule is NC1CCCC(=O)N(C2CC2)C1c1ccc(Cl)cc1. The van der Waals surface area contributed by atoms with E-state index < -0.39 is 0 Å². The van der Waals surface area contributed by atoms with Crippen LogP contribution in [0.2, 0.25) is 5.02 Å². The lowest BCUT2D eigenvalue weighted by Crippen LogP contribution is -2.43. The fourth-order valence-corrected chi connectivity index (χ4v) is 3.11. The molecule has 1 heterocycles. The lowest BCUT2D eigenvalue weighted by molar-refractivity contribution is -0.133. The summed E-state index contributed by atoms with van der Waals surface area (Å²) >= 11 is 5.95. The van der Waals surface area contributed by atoms with Crippen LogP contribution in [0.3, 0.4) is 0 Å². The Labute approximate surface area is 118 Å². The van der Waals surface area contributed by atoms with E-state index in [-0.39, 0.29) is 18.0 Å². The zero-order valence-electron chi connectivity index (χ0n) is 10.9. The third-order valence-corrected chi connectivity index (χ3v) is 4.33. The summed E-state index contributed by atoms with van der Waals surface area (Å²) in [7, 11) is 0. The smallest absolute Gasteiger partial charge is 0.223 e. The van der Waals surface area contributed by atoms with Crippen molar-refractivity contribution in [3.63, 3.8) is 0 Å². The first-order valence-corrected chi connectivity index (χ1v) is 7.37. The molecule has 2 atom stereocenters. The van der Waals surface area contributed by atoms with Crippen molar-refractivity contribution < 1.29 is 4.79 Å². The molecule has 2 unspecified atom stereocenters. The van der Waals surface area contributed by atoms with Crippen molar-refractivity contribution in [1.29, 1.82) is 0 Å². The molecule has 19 heavy (non-hydrogen) atoms. The molecule has 2 fully saturated rings. The van der Waals surface area contributed by atoms with Gasteiger partial charge in [-0.1, -0.05) is 23.7 Å². The minimum atomic E-state index is 0.0137. The van der Waals surface area contributed by atoms with Gasteiger partial charge in [-0.2, -0.15) is 0 Å². The van der Waals surface area contributed by atoms with E-state index in [1.165, 1.54) is 0 Å². The summed E-state index contributed by atoms with van der Waals surface area (Å²) in [4.78, 5) is 14.4. The number of nitrogens with zero attached hydrogens (tertiary/aromatic N) is 1. The average Bonchev–Trinajstić information content (AvgIpc) is 3.20. The highest BCUT2D eigenvalue weighted by atomic mass is 35.5. The van der Waals surface area contributed by atoms with Crippen molar-refractivity contribution in [1.82, 2.24) is 4.90 Å². The van der Waals surface area contributed by atoms with Crippen molar-refractivity contribution >= 4 is 17.5 Å².